The first-order chi connectivity index (χ1) is 7.18. The van der Waals surface area contributed by atoms with Gasteiger partial charge in [-0.15, -0.1) is 0 Å². The normalized spacial score (nSPS) is 34.5. The number of hydrogen-bond donors (Lipinski definition) is 2. The van der Waals surface area contributed by atoms with Crippen molar-refractivity contribution in [2.24, 2.45) is 11.8 Å². The van der Waals surface area contributed by atoms with Crippen LogP contribution in [-0.4, -0.2) is 34.5 Å². The summed E-state index contributed by atoms with van der Waals surface area (Å²) in [5.74, 6) is 0.448. The number of carbonyl (C=O) groups is 2. The predicted molar refractivity (Wildman–Crippen MR) is 57.7 cm³/mol. The van der Waals surface area contributed by atoms with Crippen molar-refractivity contribution in [2.45, 2.75) is 25.3 Å². The second-order valence-corrected chi connectivity index (χ2v) is 5.35. The maximum absolute atomic E-state index is 11.7. The van der Waals surface area contributed by atoms with Gasteiger partial charge in [0.2, 0.25) is 5.91 Å². The molecule has 2 fully saturated rings. The van der Waals surface area contributed by atoms with Crippen molar-refractivity contribution in [3.8, 4) is 0 Å². The molecule has 0 bridgehead atoms. The van der Waals surface area contributed by atoms with E-state index in [0.29, 0.717) is 6.42 Å². The summed E-state index contributed by atoms with van der Waals surface area (Å²) in [6, 6.07) is 0.262. The van der Waals surface area contributed by atoms with Crippen molar-refractivity contribution in [3.05, 3.63) is 0 Å². The molecular formula is C10H15NO3S. The monoisotopic (exact) mass is 229 g/mol. The molecule has 5 heteroatoms. The molecule has 1 saturated heterocycles. The molecule has 2 N–H and O–H groups in total. The second-order valence-electron chi connectivity index (χ2n) is 4.20. The van der Waals surface area contributed by atoms with Crippen molar-refractivity contribution in [2.75, 3.05) is 11.5 Å². The molecule has 1 heterocycles. The van der Waals surface area contributed by atoms with Gasteiger partial charge in [-0.05, 0) is 25.0 Å². The zero-order valence-electron chi connectivity index (χ0n) is 8.44. The molecule has 0 aromatic heterocycles. The van der Waals surface area contributed by atoms with E-state index in [-0.39, 0.29) is 17.9 Å². The smallest absolute Gasteiger partial charge is 0.307 e. The van der Waals surface area contributed by atoms with Crippen LogP contribution < -0.4 is 5.32 Å². The molecule has 0 radical (unpaired) electrons. The van der Waals surface area contributed by atoms with E-state index in [0.717, 1.165) is 24.3 Å². The van der Waals surface area contributed by atoms with Crippen LogP contribution in [0.25, 0.3) is 0 Å². The Balaban J connectivity index is 1.82. The molecule has 2 rings (SSSR count). The SMILES string of the molecule is O=C(NC1CCSC1)[C@H]1CC[C@H]1C(=O)O. The molecule has 0 spiro atoms. The van der Waals surface area contributed by atoms with Gasteiger partial charge in [-0.1, -0.05) is 0 Å². The Hall–Kier alpha value is -0.710. The third-order valence-electron chi connectivity index (χ3n) is 3.20. The quantitative estimate of drug-likeness (QED) is 0.748. The van der Waals surface area contributed by atoms with Crippen molar-refractivity contribution in [3.63, 3.8) is 0 Å². The highest BCUT2D eigenvalue weighted by Crippen LogP contribution is 2.34. The number of rotatable bonds is 3. The lowest BCUT2D eigenvalue weighted by molar-refractivity contribution is -0.152. The number of thioether (sulfide) groups is 1. The first-order valence-corrected chi connectivity index (χ1v) is 6.45. The van der Waals surface area contributed by atoms with Gasteiger partial charge >= 0.3 is 5.97 Å². The van der Waals surface area contributed by atoms with Gasteiger partial charge in [0, 0.05) is 11.8 Å². The zero-order chi connectivity index (χ0) is 10.8. The molecule has 0 aromatic carbocycles. The van der Waals surface area contributed by atoms with Crippen LogP contribution in [0.2, 0.25) is 0 Å². The molecule has 1 aliphatic carbocycles. The van der Waals surface area contributed by atoms with Gasteiger partial charge in [0.25, 0.3) is 0 Å². The highest BCUT2D eigenvalue weighted by molar-refractivity contribution is 7.99. The first-order valence-electron chi connectivity index (χ1n) is 5.29. The van der Waals surface area contributed by atoms with Crippen molar-refractivity contribution < 1.29 is 14.7 Å². The Labute approximate surface area is 92.8 Å². The summed E-state index contributed by atoms with van der Waals surface area (Å²) in [5.41, 5.74) is 0. The van der Waals surface area contributed by atoms with Crippen LogP contribution in [0.4, 0.5) is 0 Å². The number of nitrogens with one attached hydrogen (secondary N) is 1. The van der Waals surface area contributed by atoms with Gasteiger partial charge in [-0.25, -0.2) is 0 Å². The topological polar surface area (TPSA) is 66.4 Å². The number of carboxylic acids is 1. The summed E-state index contributed by atoms with van der Waals surface area (Å²) in [4.78, 5) is 22.5. The Kier molecular flexibility index (Phi) is 3.19. The fourth-order valence-electron chi connectivity index (χ4n) is 2.07. The van der Waals surface area contributed by atoms with Crippen molar-refractivity contribution in [1.82, 2.24) is 5.32 Å². The van der Waals surface area contributed by atoms with Crippen LogP contribution in [0, 0.1) is 11.8 Å². The van der Waals surface area contributed by atoms with Crippen LogP contribution in [-0.2, 0) is 9.59 Å². The molecule has 84 valence electrons. The van der Waals surface area contributed by atoms with E-state index in [4.69, 9.17) is 5.11 Å². The minimum atomic E-state index is -0.831. The van der Waals surface area contributed by atoms with E-state index in [1.54, 1.807) is 0 Å². The van der Waals surface area contributed by atoms with Gasteiger partial charge in [0.05, 0.1) is 11.8 Å². The van der Waals surface area contributed by atoms with Gasteiger partial charge in [0.1, 0.15) is 0 Å². The van der Waals surface area contributed by atoms with Crippen molar-refractivity contribution in [1.29, 1.82) is 0 Å². The maximum atomic E-state index is 11.7. The molecule has 3 atom stereocenters. The Morgan fingerprint density at radius 3 is 2.40 bits per heavy atom. The van der Waals surface area contributed by atoms with Crippen LogP contribution in [0.1, 0.15) is 19.3 Å². The van der Waals surface area contributed by atoms with E-state index in [2.05, 4.69) is 5.32 Å². The zero-order valence-corrected chi connectivity index (χ0v) is 9.26. The van der Waals surface area contributed by atoms with Gasteiger partial charge in [-0.2, -0.15) is 11.8 Å². The Morgan fingerprint density at radius 1 is 1.20 bits per heavy atom. The van der Waals surface area contributed by atoms with Crippen LogP contribution >= 0.6 is 11.8 Å². The molecule has 1 unspecified atom stereocenters. The summed E-state index contributed by atoms with van der Waals surface area (Å²) >= 11 is 1.84. The van der Waals surface area contributed by atoms with E-state index < -0.39 is 11.9 Å². The molecule has 1 saturated carbocycles. The van der Waals surface area contributed by atoms with E-state index in [9.17, 15) is 9.59 Å². The van der Waals surface area contributed by atoms with Crippen molar-refractivity contribution >= 4 is 23.6 Å². The average Bonchev–Trinajstić information content (AvgIpc) is 2.52. The standard InChI is InChI=1S/C10H15NO3S/c12-9(11-6-3-4-15-5-6)7-1-2-8(7)10(13)14/h6-8H,1-5H2,(H,11,12)(H,13,14)/t6?,7-,8+/m0/s1. The number of aliphatic carboxylic acids is 1. The predicted octanol–water partition coefficient (Wildman–Crippen LogP) is 0.719. The van der Waals surface area contributed by atoms with Gasteiger partial charge in [-0.3, -0.25) is 9.59 Å². The number of amides is 1. The third-order valence-corrected chi connectivity index (χ3v) is 4.37. The van der Waals surface area contributed by atoms with E-state index >= 15 is 0 Å². The summed E-state index contributed by atoms with van der Waals surface area (Å²) in [6.45, 7) is 0. The van der Waals surface area contributed by atoms with Crippen LogP contribution in [0.3, 0.4) is 0 Å². The molecule has 2 aliphatic rings. The number of carbonyl (C=O) groups excluding carboxylic acids is 1. The lowest BCUT2D eigenvalue weighted by Gasteiger charge is -2.32. The van der Waals surface area contributed by atoms with E-state index in [1.807, 2.05) is 11.8 Å². The lowest BCUT2D eigenvalue weighted by Crippen LogP contribution is -2.47. The summed E-state index contributed by atoms with van der Waals surface area (Å²) in [7, 11) is 0. The Bertz CT molecular complexity index is 276. The molecule has 15 heavy (non-hydrogen) atoms. The fraction of sp³-hybridized carbons (Fsp3) is 0.800. The average molecular weight is 229 g/mol. The second kappa shape index (κ2) is 4.43. The number of hydrogen-bond acceptors (Lipinski definition) is 3. The summed E-state index contributed by atoms with van der Waals surface area (Å²) in [6.07, 6.45) is 2.39. The first kappa shape index (κ1) is 10.8. The van der Waals surface area contributed by atoms with Gasteiger partial charge in [0.15, 0.2) is 0 Å². The minimum Gasteiger partial charge on any atom is -0.481 e. The van der Waals surface area contributed by atoms with Crippen LogP contribution in [0.5, 0.6) is 0 Å². The summed E-state index contributed by atoms with van der Waals surface area (Å²) in [5, 5.41) is 11.8. The third kappa shape index (κ3) is 2.27. The highest BCUT2D eigenvalue weighted by atomic mass is 32.2. The lowest BCUT2D eigenvalue weighted by atomic mass is 9.73. The van der Waals surface area contributed by atoms with Gasteiger partial charge < -0.3 is 10.4 Å². The highest BCUT2D eigenvalue weighted by Gasteiger charge is 2.41. The molecular weight excluding hydrogens is 214 g/mol. The van der Waals surface area contributed by atoms with Crippen LogP contribution in [0.15, 0.2) is 0 Å². The Morgan fingerprint density at radius 2 is 1.93 bits per heavy atom. The molecule has 1 aliphatic heterocycles. The molecule has 1 amide bonds. The molecule has 4 nitrogen and oxygen atoms in total. The largest absolute Gasteiger partial charge is 0.481 e. The molecule has 0 aromatic rings. The van der Waals surface area contributed by atoms with E-state index in [1.165, 1.54) is 0 Å². The minimum absolute atomic E-state index is 0.0545. The maximum Gasteiger partial charge on any atom is 0.307 e. The number of carboxylic acid groups (broad SMARTS) is 1. The summed E-state index contributed by atoms with van der Waals surface area (Å²) < 4.78 is 0. The fourth-order valence-corrected chi connectivity index (χ4v) is 3.22.